The van der Waals surface area contributed by atoms with Crippen molar-refractivity contribution in [3.63, 3.8) is 0 Å². The lowest BCUT2D eigenvalue weighted by Gasteiger charge is -2.31. The number of nitrogens with one attached hydrogen (secondary N) is 1. The molecule has 1 saturated heterocycles. The highest BCUT2D eigenvalue weighted by atomic mass is 35.5. The van der Waals surface area contributed by atoms with Gasteiger partial charge in [-0.25, -0.2) is 4.39 Å². The second kappa shape index (κ2) is 5.22. The first-order chi connectivity index (χ1) is 8.51. The summed E-state index contributed by atoms with van der Waals surface area (Å²) in [6.45, 7) is 0.865. The molecule has 18 heavy (non-hydrogen) atoms. The molecule has 1 aliphatic rings. The molecule has 1 amide bonds. The molecule has 98 valence electrons. The van der Waals surface area contributed by atoms with Crippen molar-refractivity contribution >= 4 is 23.2 Å². The summed E-state index contributed by atoms with van der Waals surface area (Å²) in [5.74, 6) is -0.949. The molecule has 6 heteroatoms. The average Bonchev–Trinajstić information content (AvgIpc) is 2.35. The Hall–Kier alpha value is -1.17. The Balaban J connectivity index is 2.13. The van der Waals surface area contributed by atoms with Gasteiger partial charge in [-0.15, -0.1) is 0 Å². The normalized spacial score (nSPS) is 18.4. The van der Waals surface area contributed by atoms with Crippen LogP contribution in [0.15, 0.2) is 18.2 Å². The van der Waals surface area contributed by atoms with Crippen LogP contribution in [0.2, 0.25) is 5.02 Å². The molecule has 1 aliphatic heterocycles. The standard InChI is InChI=1S/C12H14ClFN2O2/c13-8-1-2-9(14)10(7-8)16-11(17)12(15)3-5-18-6-4-12/h1-2,7H,3-6,15H2,(H,16,17). The van der Waals surface area contributed by atoms with Crippen LogP contribution in [0, 0.1) is 5.82 Å². The summed E-state index contributed by atoms with van der Waals surface area (Å²) in [7, 11) is 0. The second-order valence-corrected chi connectivity index (χ2v) is 4.78. The summed E-state index contributed by atoms with van der Waals surface area (Å²) in [4.78, 5) is 12.1. The number of carbonyl (C=O) groups is 1. The summed E-state index contributed by atoms with van der Waals surface area (Å²) in [5.41, 5.74) is 5.03. The molecule has 0 spiro atoms. The van der Waals surface area contributed by atoms with Gasteiger partial charge in [-0.05, 0) is 31.0 Å². The van der Waals surface area contributed by atoms with Crippen LogP contribution in [-0.2, 0) is 9.53 Å². The fraction of sp³-hybridized carbons (Fsp3) is 0.417. The molecule has 0 aliphatic carbocycles. The van der Waals surface area contributed by atoms with Gasteiger partial charge in [0.1, 0.15) is 11.4 Å². The summed E-state index contributed by atoms with van der Waals surface area (Å²) in [5, 5.41) is 2.83. The number of amides is 1. The third-order valence-corrected chi connectivity index (χ3v) is 3.25. The average molecular weight is 273 g/mol. The predicted octanol–water partition coefficient (Wildman–Crippen LogP) is 1.93. The SMILES string of the molecule is NC1(C(=O)Nc2cc(Cl)ccc2F)CCOCC1. The quantitative estimate of drug-likeness (QED) is 0.865. The van der Waals surface area contributed by atoms with Gasteiger partial charge in [0.05, 0.1) is 5.69 Å². The summed E-state index contributed by atoms with van der Waals surface area (Å²) in [6.07, 6.45) is 0.835. The smallest absolute Gasteiger partial charge is 0.244 e. The lowest BCUT2D eigenvalue weighted by Crippen LogP contribution is -2.54. The number of halogens is 2. The van der Waals surface area contributed by atoms with Gasteiger partial charge >= 0.3 is 0 Å². The Morgan fingerprint density at radius 1 is 1.44 bits per heavy atom. The number of hydrogen-bond donors (Lipinski definition) is 2. The molecule has 1 aromatic rings. The third kappa shape index (κ3) is 2.80. The van der Waals surface area contributed by atoms with Crippen LogP contribution in [0.4, 0.5) is 10.1 Å². The van der Waals surface area contributed by atoms with E-state index in [0.29, 0.717) is 31.1 Å². The number of hydrogen-bond acceptors (Lipinski definition) is 3. The maximum absolute atomic E-state index is 13.5. The van der Waals surface area contributed by atoms with Crippen LogP contribution < -0.4 is 11.1 Å². The molecule has 0 radical (unpaired) electrons. The lowest BCUT2D eigenvalue weighted by atomic mass is 9.90. The van der Waals surface area contributed by atoms with Gasteiger partial charge in [-0.3, -0.25) is 4.79 Å². The first-order valence-corrected chi connectivity index (χ1v) is 6.02. The van der Waals surface area contributed by atoms with Crippen molar-refractivity contribution in [1.82, 2.24) is 0 Å². The zero-order valence-corrected chi connectivity index (χ0v) is 10.5. The topological polar surface area (TPSA) is 64.4 Å². The zero-order chi connectivity index (χ0) is 13.2. The van der Waals surface area contributed by atoms with Crippen molar-refractivity contribution < 1.29 is 13.9 Å². The molecule has 3 N–H and O–H groups in total. The van der Waals surface area contributed by atoms with E-state index >= 15 is 0 Å². The largest absolute Gasteiger partial charge is 0.381 e. The molecule has 1 heterocycles. The fourth-order valence-electron chi connectivity index (χ4n) is 1.80. The van der Waals surface area contributed by atoms with E-state index in [2.05, 4.69) is 5.32 Å². The second-order valence-electron chi connectivity index (χ2n) is 4.35. The minimum Gasteiger partial charge on any atom is -0.381 e. The van der Waals surface area contributed by atoms with Gasteiger partial charge < -0.3 is 15.8 Å². The van der Waals surface area contributed by atoms with Crippen LogP contribution in [0.1, 0.15) is 12.8 Å². The van der Waals surface area contributed by atoms with Gasteiger partial charge in [0, 0.05) is 18.2 Å². The van der Waals surface area contributed by atoms with Gasteiger partial charge in [0.2, 0.25) is 5.91 Å². The Morgan fingerprint density at radius 2 is 2.11 bits per heavy atom. The molecule has 0 unspecified atom stereocenters. The monoisotopic (exact) mass is 272 g/mol. The number of ether oxygens (including phenoxy) is 1. The highest BCUT2D eigenvalue weighted by Gasteiger charge is 2.36. The van der Waals surface area contributed by atoms with E-state index in [-0.39, 0.29) is 5.69 Å². The number of rotatable bonds is 2. The van der Waals surface area contributed by atoms with Crippen LogP contribution in [0.5, 0.6) is 0 Å². The van der Waals surface area contributed by atoms with Gasteiger partial charge in [0.25, 0.3) is 0 Å². The first kappa shape index (κ1) is 13.3. The Bertz CT molecular complexity index is 461. The fourth-order valence-corrected chi connectivity index (χ4v) is 1.97. The van der Waals surface area contributed by atoms with E-state index in [1.54, 1.807) is 0 Å². The molecule has 1 aromatic carbocycles. The first-order valence-electron chi connectivity index (χ1n) is 5.64. The van der Waals surface area contributed by atoms with E-state index in [4.69, 9.17) is 22.1 Å². The molecule has 0 atom stereocenters. The molecule has 0 saturated carbocycles. The van der Waals surface area contributed by atoms with Gasteiger partial charge in [0.15, 0.2) is 0 Å². The molecule has 0 aromatic heterocycles. The van der Waals surface area contributed by atoms with Crippen molar-refractivity contribution in [3.05, 3.63) is 29.0 Å². The third-order valence-electron chi connectivity index (χ3n) is 3.01. The maximum Gasteiger partial charge on any atom is 0.244 e. The van der Waals surface area contributed by atoms with E-state index in [0.717, 1.165) is 0 Å². The van der Waals surface area contributed by atoms with E-state index in [1.807, 2.05) is 0 Å². The van der Waals surface area contributed by atoms with Gasteiger partial charge in [-0.2, -0.15) is 0 Å². The molecule has 2 rings (SSSR count). The van der Waals surface area contributed by atoms with Crippen molar-refractivity contribution in [1.29, 1.82) is 0 Å². The van der Waals surface area contributed by atoms with Crippen LogP contribution in [0.3, 0.4) is 0 Å². The van der Waals surface area contributed by atoms with Crippen LogP contribution in [-0.4, -0.2) is 24.7 Å². The number of benzene rings is 1. The predicted molar refractivity (Wildman–Crippen MR) is 67.0 cm³/mol. The highest BCUT2D eigenvalue weighted by molar-refractivity contribution is 6.30. The minimum atomic E-state index is -1.01. The number of nitrogens with two attached hydrogens (primary N) is 1. The van der Waals surface area contributed by atoms with Crippen molar-refractivity contribution in [2.24, 2.45) is 5.73 Å². The van der Waals surface area contributed by atoms with Gasteiger partial charge in [-0.1, -0.05) is 11.6 Å². The molecular weight excluding hydrogens is 259 g/mol. The molecule has 4 nitrogen and oxygen atoms in total. The van der Waals surface area contributed by atoms with E-state index < -0.39 is 17.3 Å². The van der Waals surface area contributed by atoms with E-state index in [9.17, 15) is 9.18 Å². The zero-order valence-electron chi connectivity index (χ0n) is 9.71. The molecule has 1 fully saturated rings. The Labute approximate surface area is 109 Å². The maximum atomic E-state index is 13.5. The van der Waals surface area contributed by atoms with Crippen molar-refractivity contribution in [2.75, 3.05) is 18.5 Å². The lowest BCUT2D eigenvalue weighted by molar-refractivity contribution is -0.124. The Kier molecular flexibility index (Phi) is 3.85. The van der Waals surface area contributed by atoms with Crippen LogP contribution >= 0.6 is 11.6 Å². The van der Waals surface area contributed by atoms with Crippen molar-refractivity contribution in [2.45, 2.75) is 18.4 Å². The highest BCUT2D eigenvalue weighted by Crippen LogP contribution is 2.23. The molecular formula is C12H14ClFN2O2. The summed E-state index contributed by atoms with van der Waals surface area (Å²) >= 11 is 5.75. The van der Waals surface area contributed by atoms with E-state index in [1.165, 1.54) is 18.2 Å². The number of carbonyl (C=O) groups excluding carboxylic acids is 1. The number of anilines is 1. The molecule has 0 bridgehead atoms. The summed E-state index contributed by atoms with van der Waals surface area (Å²) in [6, 6.07) is 3.97. The van der Waals surface area contributed by atoms with Crippen molar-refractivity contribution in [3.8, 4) is 0 Å². The minimum absolute atomic E-state index is 0.0452. The Morgan fingerprint density at radius 3 is 2.78 bits per heavy atom. The van der Waals surface area contributed by atoms with Crippen LogP contribution in [0.25, 0.3) is 0 Å². The summed E-state index contributed by atoms with van der Waals surface area (Å²) < 4.78 is 18.6.